The van der Waals surface area contributed by atoms with E-state index in [0.29, 0.717) is 11.8 Å². The van der Waals surface area contributed by atoms with Gasteiger partial charge in [-0.25, -0.2) is 4.98 Å². The van der Waals surface area contributed by atoms with E-state index in [2.05, 4.69) is 31.0 Å². The second kappa shape index (κ2) is 7.21. The van der Waals surface area contributed by atoms with Crippen LogP contribution in [0.3, 0.4) is 0 Å². The summed E-state index contributed by atoms with van der Waals surface area (Å²) in [6, 6.07) is 11.9. The quantitative estimate of drug-likeness (QED) is 0.772. The third-order valence-electron chi connectivity index (χ3n) is 3.64. The molecule has 22 heavy (non-hydrogen) atoms. The van der Waals surface area contributed by atoms with Gasteiger partial charge in [0.25, 0.3) is 0 Å². The van der Waals surface area contributed by atoms with Crippen LogP contribution in [0.1, 0.15) is 43.4 Å². The molecule has 1 unspecified atom stereocenters. The number of carbonyl (C=O) groups excluding carboxylic acids is 1. The predicted octanol–water partition coefficient (Wildman–Crippen LogP) is 4.30. The molecule has 0 aliphatic heterocycles. The van der Waals surface area contributed by atoms with Crippen LogP contribution in [-0.2, 0) is 11.2 Å². The first kappa shape index (κ1) is 16.2. The average Bonchev–Trinajstić information content (AvgIpc) is 2.49. The average molecular weight is 297 g/mol. The SMILES string of the molecule is Cc1cccnc1OC(=O)C(C)c1ccc(CC(C)C)cc1. The van der Waals surface area contributed by atoms with Gasteiger partial charge in [-0.15, -0.1) is 0 Å². The molecule has 0 radical (unpaired) electrons. The number of pyridine rings is 1. The van der Waals surface area contributed by atoms with Crippen LogP contribution in [-0.4, -0.2) is 11.0 Å². The molecule has 2 aromatic rings. The molecule has 0 saturated heterocycles. The molecule has 3 heteroatoms. The second-order valence-corrected chi connectivity index (χ2v) is 6.11. The van der Waals surface area contributed by atoms with Gasteiger partial charge in [0.1, 0.15) is 0 Å². The zero-order valence-electron chi connectivity index (χ0n) is 13.7. The topological polar surface area (TPSA) is 39.2 Å². The van der Waals surface area contributed by atoms with E-state index in [-0.39, 0.29) is 11.9 Å². The van der Waals surface area contributed by atoms with Crippen LogP contribution < -0.4 is 4.74 Å². The van der Waals surface area contributed by atoms with Gasteiger partial charge in [-0.3, -0.25) is 4.79 Å². The van der Waals surface area contributed by atoms with Crippen molar-refractivity contribution in [1.82, 2.24) is 4.98 Å². The molecule has 1 atom stereocenters. The van der Waals surface area contributed by atoms with Crippen molar-refractivity contribution in [2.24, 2.45) is 5.92 Å². The highest BCUT2D eigenvalue weighted by Gasteiger charge is 2.18. The molecular formula is C19H23NO2. The highest BCUT2D eigenvalue weighted by atomic mass is 16.5. The number of esters is 1. The van der Waals surface area contributed by atoms with Crippen LogP contribution in [0.2, 0.25) is 0 Å². The van der Waals surface area contributed by atoms with Crippen LogP contribution in [0.5, 0.6) is 5.88 Å². The number of aryl methyl sites for hydroxylation is 1. The van der Waals surface area contributed by atoms with Gasteiger partial charge in [0.05, 0.1) is 5.92 Å². The molecule has 0 aliphatic carbocycles. The summed E-state index contributed by atoms with van der Waals surface area (Å²) in [6.45, 7) is 8.13. The van der Waals surface area contributed by atoms with Gasteiger partial charge in [-0.05, 0) is 43.4 Å². The van der Waals surface area contributed by atoms with E-state index in [4.69, 9.17) is 4.74 Å². The van der Waals surface area contributed by atoms with E-state index in [0.717, 1.165) is 17.5 Å². The lowest BCUT2D eigenvalue weighted by molar-refractivity contribution is -0.136. The normalized spacial score (nSPS) is 12.2. The Morgan fingerprint density at radius 3 is 2.41 bits per heavy atom. The molecule has 0 aliphatic rings. The van der Waals surface area contributed by atoms with Crippen molar-refractivity contribution in [2.75, 3.05) is 0 Å². The number of nitrogens with zero attached hydrogens (tertiary/aromatic N) is 1. The monoisotopic (exact) mass is 297 g/mol. The van der Waals surface area contributed by atoms with Crippen molar-refractivity contribution < 1.29 is 9.53 Å². The lowest BCUT2D eigenvalue weighted by Gasteiger charge is -2.13. The van der Waals surface area contributed by atoms with E-state index < -0.39 is 0 Å². The largest absolute Gasteiger partial charge is 0.407 e. The maximum atomic E-state index is 12.3. The Balaban J connectivity index is 2.05. The fraction of sp³-hybridized carbons (Fsp3) is 0.368. The van der Waals surface area contributed by atoms with Crippen molar-refractivity contribution in [1.29, 1.82) is 0 Å². The number of hydrogen-bond donors (Lipinski definition) is 0. The summed E-state index contributed by atoms with van der Waals surface area (Å²) < 4.78 is 5.41. The molecule has 0 spiro atoms. The minimum Gasteiger partial charge on any atom is -0.407 e. The third-order valence-corrected chi connectivity index (χ3v) is 3.64. The minimum absolute atomic E-state index is 0.279. The van der Waals surface area contributed by atoms with Crippen LogP contribution in [0.25, 0.3) is 0 Å². The Bertz CT molecular complexity index is 632. The maximum Gasteiger partial charge on any atom is 0.319 e. The highest BCUT2D eigenvalue weighted by Crippen LogP contribution is 2.21. The number of ether oxygens (including phenoxy) is 1. The fourth-order valence-corrected chi connectivity index (χ4v) is 2.31. The number of carbonyl (C=O) groups is 1. The van der Waals surface area contributed by atoms with E-state index in [1.54, 1.807) is 6.20 Å². The van der Waals surface area contributed by atoms with E-state index in [9.17, 15) is 4.79 Å². The smallest absolute Gasteiger partial charge is 0.319 e. The van der Waals surface area contributed by atoms with Crippen molar-refractivity contribution in [3.63, 3.8) is 0 Å². The van der Waals surface area contributed by atoms with Gasteiger partial charge in [-0.2, -0.15) is 0 Å². The minimum atomic E-state index is -0.311. The standard InChI is InChI=1S/C19H23NO2/c1-13(2)12-16-7-9-17(10-8-16)15(4)19(21)22-18-14(3)6-5-11-20-18/h5-11,13,15H,12H2,1-4H3. The van der Waals surface area contributed by atoms with Crippen LogP contribution in [0.15, 0.2) is 42.6 Å². The number of hydrogen-bond acceptors (Lipinski definition) is 3. The molecule has 0 fully saturated rings. The molecule has 0 N–H and O–H groups in total. The van der Waals surface area contributed by atoms with Gasteiger partial charge in [-0.1, -0.05) is 44.2 Å². The second-order valence-electron chi connectivity index (χ2n) is 6.11. The first-order chi connectivity index (χ1) is 10.5. The molecule has 3 nitrogen and oxygen atoms in total. The molecule has 2 rings (SSSR count). The van der Waals surface area contributed by atoms with Gasteiger partial charge in [0.2, 0.25) is 5.88 Å². The van der Waals surface area contributed by atoms with Crippen molar-refractivity contribution in [3.8, 4) is 5.88 Å². The van der Waals surface area contributed by atoms with Gasteiger partial charge < -0.3 is 4.74 Å². The van der Waals surface area contributed by atoms with Gasteiger partial charge in [0.15, 0.2) is 0 Å². The summed E-state index contributed by atoms with van der Waals surface area (Å²) in [6.07, 6.45) is 2.67. The first-order valence-corrected chi connectivity index (χ1v) is 7.69. The lowest BCUT2D eigenvalue weighted by atomic mass is 9.97. The predicted molar refractivity (Wildman–Crippen MR) is 88.0 cm³/mol. The lowest BCUT2D eigenvalue weighted by Crippen LogP contribution is -2.17. The highest BCUT2D eigenvalue weighted by molar-refractivity contribution is 5.79. The van der Waals surface area contributed by atoms with Crippen LogP contribution in [0, 0.1) is 12.8 Å². The van der Waals surface area contributed by atoms with Crippen LogP contribution >= 0.6 is 0 Å². The summed E-state index contributed by atoms with van der Waals surface area (Å²) in [5.74, 6) is 0.420. The fourth-order valence-electron chi connectivity index (χ4n) is 2.31. The molecule has 0 bridgehead atoms. The Morgan fingerprint density at radius 1 is 1.14 bits per heavy atom. The molecule has 0 amide bonds. The van der Waals surface area contributed by atoms with Crippen molar-refractivity contribution >= 4 is 5.97 Å². The van der Waals surface area contributed by atoms with E-state index >= 15 is 0 Å². The van der Waals surface area contributed by atoms with Gasteiger partial charge in [0, 0.05) is 11.8 Å². The Kier molecular flexibility index (Phi) is 5.31. The maximum absolute atomic E-state index is 12.3. The summed E-state index contributed by atoms with van der Waals surface area (Å²) in [5.41, 5.74) is 3.11. The molecule has 1 aromatic heterocycles. The summed E-state index contributed by atoms with van der Waals surface area (Å²) in [5, 5.41) is 0. The number of benzene rings is 1. The number of aromatic nitrogens is 1. The summed E-state index contributed by atoms with van der Waals surface area (Å²) in [7, 11) is 0. The summed E-state index contributed by atoms with van der Waals surface area (Å²) in [4.78, 5) is 16.4. The first-order valence-electron chi connectivity index (χ1n) is 7.69. The Labute approximate surface area is 132 Å². The zero-order valence-corrected chi connectivity index (χ0v) is 13.7. The van der Waals surface area contributed by atoms with Crippen molar-refractivity contribution in [2.45, 2.75) is 40.0 Å². The zero-order chi connectivity index (χ0) is 16.1. The van der Waals surface area contributed by atoms with Gasteiger partial charge >= 0.3 is 5.97 Å². The molecule has 1 aromatic carbocycles. The van der Waals surface area contributed by atoms with E-state index in [1.807, 2.05) is 38.1 Å². The van der Waals surface area contributed by atoms with Crippen molar-refractivity contribution in [3.05, 3.63) is 59.3 Å². The molecule has 0 saturated carbocycles. The molecule has 116 valence electrons. The summed E-state index contributed by atoms with van der Waals surface area (Å²) >= 11 is 0. The third kappa shape index (κ3) is 4.17. The number of rotatable bonds is 5. The Hall–Kier alpha value is -2.16. The Morgan fingerprint density at radius 2 is 1.82 bits per heavy atom. The molecular weight excluding hydrogens is 274 g/mol. The van der Waals surface area contributed by atoms with E-state index in [1.165, 1.54) is 5.56 Å². The van der Waals surface area contributed by atoms with Crippen LogP contribution in [0.4, 0.5) is 0 Å². The molecule has 1 heterocycles.